The fourth-order valence-electron chi connectivity index (χ4n) is 4.81. The molecule has 0 aliphatic heterocycles. The van der Waals surface area contributed by atoms with Gasteiger partial charge in [-0.2, -0.15) is 0 Å². The molecule has 0 spiro atoms. The second-order valence-corrected chi connectivity index (χ2v) is 9.62. The van der Waals surface area contributed by atoms with Gasteiger partial charge < -0.3 is 26.0 Å². The van der Waals surface area contributed by atoms with Crippen molar-refractivity contribution in [1.82, 2.24) is 9.97 Å². The SMILES string of the molecule is C[C@@H]1C[C@@H](N)C[C@H](c2ccncc2NC(=O)c2ccc(F)c(-c3c(F)cc(OC[C@H](O)CO)cc3F)n2)C1. The number of benzene rings is 1. The number of hydrogen-bond donors (Lipinski definition) is 4. The van der Waals surface area contributed by atoms with E-state index < -0.39 is 53.9 Å². The zero-order valence-electron chi connectivity index (χ0n) is 20.7. The highest BCUT2D eigenvalue weighted by molar-refractivity contribution is 6.03. The summed E-state index contributed by atoms with van der Waals surface area (Å²) in [4.78, 5) is 21.1. The number of aromatic nitrogens is 2. The number of rotatable bonds is 8. The standard InChI is InChI=1S/C27H29F3N4O4/c1-14-6-15(8-16(31)7-14)19-4-5-32-11-24(19)34-27(37)23-3-2-20(28)26(33-23)25-21(29)9-18(10-22(25)30)38-13-17(36)12-35/h2-5,9-11,14-17,35-36H,6-8,12-13,31H2,1H3,(H,34,37)/t14-,15+,16+,17+/m0/s1. The van der Waals surface area contributed by atoms with Crippen molar-refractivity contribution in [2.75, 3.05) is 18.5 Å². The van der Waals surface area contributed by atoms with Crippen molar-refractivity contribution in [1.29, 1.82) is 0 Å². The van der Waals surface area contributed by atoms with Gasteiger partial charge in [0.1, 0.15) is 47.3 Å². The molecule has 38 heavy (non-hydrogen) atoms. The molecule has 1 aliphatic rings. The first-order chi connectivity index (χ1) is 18.2. The Kier molecular flexibility index (Phi) is 8.60. The summed E-state index contributed by atoms with van der Waals surface area (Å²) < 4.78 is 49.4. The minimum Gasteiger partial charge on any atom is -0.491 e. The summed E-state index contributed by atoms with van der Waals surface area (Å²) in [6, 6.07) is 5.49. The summed E-state index contributed by atoms with van der Waals surface area (Å²) >= 11 is 0. The number of pyridine rings is 2. The number of aliphatic hydroxyl groups excluding tert-OH is 2. The van der Waals surface area contributed by atoms with Crippen LogP contribution in [0.5, 0.6) is 5.75 Å². The Hall–Kier alpha value is -3.54. The van der Waals surface area contributed by atoms with Crippen molar-refractivity contribution < 1.29 is 32.9 Å². The van der Waals surface area contributed by atoms with Crippen LogP contribution in [-0.4, -0.2) is 51.4 Å². The van der Waals surface area contributed by atoms with Crippen LogP contribution in [-0.2, 0) is 0 Å². The Balaban J connectivity index is 1.59. The predicted molar refractivity (Wildman–Crippen MR) is 134 cm³/mol. The van der Waals surface area contributed by atoms with E-state index in [1.54, 1.807) is 6.20 Å². The minimum absolute atomic E-state index is 0.0446. The first kappa shape index (κ1) is 27.5. The lowest BCUT2D eigenvalue weighted by molar-refractivity contribution is 0.0534. The van der Waals surface area contributed by atoms with E-state index in [0.717, 1.165) is 49.1 Å². The zero-order chi connectivity index (χ0) is 27.4. The molecular weight excluding hydrogens is 501 g/mol. The van der Waals surface area contributed by atoms with E-state index in [4.69, 9.17) is 15.6 Å². The number of nitrogens with two attached hydrogens (primary N) is 1. The van der Waals surface area contributed by atoms with Gasteiger partial charge in [-0.25, -0.2) is 18.2 Å². The summed E-state index contributed by atoms with van der Waals surface area (Å²) in [5.74, 6) is -3.83. The summed E-state index contributed by atoms with van der Waals surface area (Å²) in [6.45, 7) is 1.13. The molecule has 8 nitrogen and oxygen atoms in total. The highest BCUT2D eigenvalue weighted by Gasteiger charge is 2.28. The number of amides is 1. The van der Waals surface area contributed by atoms with E-state index in [1.165, 1.54) is 6.20 Å². The van der Waals surface area contributed by atoms with Gasteiger partial charge in [0.15, 0.2) is 0 Å². The van der Waals surface area contributed by atoms with Gasteiger partial charge in [-0.15, -0.1) is 0 Å². The van der Waals surface area contributed by atoms with Crippen LogP contribution in [0.4, 0.5) is 18.9 Å². The van der Waals surface area contributed by atoms with Gasteiger partial charge in [0.2, 0.25) is 0 Å². The van der Waals surface area contributed by atoms with Crippen LogP contribution >= 0.6 is 0 Å². The average Bonchev–Trinajstić information content (AvgIpc) is 2.87. The number of halogens is 3. The molecule has 0 radical (unpaired) electrons. The van der Waals surface area contributed by atoms with E-state index in [2.05, 4.69) is 22.2 Å². The lowest BCUT2D eigenvalue weighted by Gasteiger charge is -2.32. The van der Waals surface area contributed by atoms with Crippen molar-refractivity contribution in [2.24, 2.45) is 11.7 Å². The van der Waals surface area contributed by atoms with Crippen molar-refractivity contribution in [2.45, 2.75) is 44.2 Å². The van der Waals surface area contributed by atoms with E-state index in [0.29, 0.717) is 11.6 Å². The fourth-order valence-corrected chi connectivity index (χ4v) is 4.81. The Labute approximate surface area is 217 Å². The van der Waals surface area contributed by atoms with Gasteiger partial charge in [0, 0.05) is 24.4 Å². The van der Waals surface area contributed by atoms with Crippen LogP contribution in [0.1, 0.15) is 48.2 Å². The number of nitrogens with one attached hydrogen (secondary N) is 1. The number of nitrogens with zero attached hydrogens (tertiary/aromatic N) is 2. The number of carbonyl (C=O) groups excluding carboxylic acids is 1. The van der Waals surface area contributed by atoms with Gasteiger partial charge in [0.25, 0.3) is 5.91 Å². The molecule has 1 aliphatic carbocycles. The second-order valence-electron chi connectivity index (χ2n) is 9.62. The normalized spacial score (nSPS) is 20.1. The van der Waals surface area contributed by atoms with Gasteiger partial charge >= 0.3 is 0 Å². The van der Waals surface area contributed by atoms with Gasteiger partial charge in [-0.1, -0.05) is 6.92 Å². The monoisotopic (exact) mass is 530 g/mol. The Morgan fingerprint density at radius 3 is 2.58 bits per heavy atom. The highest BCUT2D eigenvalue weighted by atomic mass is 19.1. The number of hydrogen-bond acceptors (Lipinski definition) is 7. The third kappa shape index (κ3) is 6.29. The molecule has 202 valence electrons. The molecule has 1 amide bonds. The lowest BCUT2D eigenvalue weighted by atomic mass is 9.76. The van der Waals surface area contributed by atoms with Crippen molar-refractivity contribution in [3.63, 3.8) is 0 Å². The largest absolute Gasteiger partial charge is 0.491 e. The van der Waals surface area contributed by atoms with Crippen molar-refractivity contribution in [3.8, 4) is 17.0 Å². The molecule has 1 fully saturated rings. The van der Waals surface area contributed by atoms with Crippen molar-refractivity contribution >= 4 is 11.6 Å². The third-order valence-electron chi connectivity index (χ3n) is 6.51. The van der Waals surface area contributed by atoms with Crippen LogP contribution < -0.4 is 15.8 Å². The molecule has 0 saturated heterocycles. The maximum Gasteiger partial charge on any atom is 0.274 e. The first-order valence-corrected chi connectivity index (χ1v) is 12.2. The van der Waals surface area contributed by atoms with E-state index >= 15 is 0 Å². The maximum atomic E-state index is 14.8. The fraction of sp³-hybridized carbons (Fsp3) is 0.370. The molecule has 3 aromatic rings. The maximum absolute atomic E-state index is 14.8. The topological polar surface area (TPSA) is 131 Å². The van der Waals surface area contributed by atoms with Gasteiger partial charge in [-0.05, 0) is 54.9 Å². The van der Waals surface area contributed by atoms with Crippen molar-refractivity contribution in [3.05, 3.63) is 71.4 Å². The summed E-state index contributed by atoms with van der Waals surface area (Å²) in [6.07, 6.45) is 4.48. The molecule has 0 unspecified atom stereocenters. The summed E-state index contributed by atoms with van der Waals surface area (Å²) in [5, 5.41) is 20.9. The number of ether oxygens (including phenoxy) is 1. The Bertz CT molecular complexity index is 1280. The van der Waals surface area contributed by atoms with E-state index in [9.17, 15) is 23.1 Å². The lowest BCUT2D eigenvalue weighted by Crippen LogP contribution is -2.31. The van der Waals surface area contributed by atoms with Crippen LogP contribution in [0.15, 0.2) is 42.7 Å². The second kappa shape index (κ2) is 11.9. The Morgan fingerprint density at radius 2 is 1.89 bits per heavy atom. The molecule has 11 heteroatoms. The van der Waals surface area contributed by atoms with E-state index in [-0.39, 0.29) is 23.4 Å². The quantitative estimate of drug-likeness (QED) is 0.349. The smallest absolute Gasteiger partial charge is 0.274 e. The summed E-state index contributed by atoms with van der Waals surface area (Å²) in [5.41, 5.74) is 5.82. The van der Waals surface area contributed by atoms with Crippen LogP contribution in [0.3, 0.4) is 0 Å². The summed E-state index contributed by atoms with van der Waals surface area (Å²) in [7, 11) is 0. The molecule has 4 rings (SSSR count). The number of aliphatic hydroxyl groups is 2. The molecule has 4 atom stereocenters. The molecular formula is C27H29F3N4O4. The first-order valence-electron chi connectivity index (χ1n) is 12.2. The predicted octanol–water partition coefficient (Wildman–Crippen LogP) is 3.78. The van der Waals surface area contributed by atoms with E-state index in [1.807, 2.05) is 6.07 Å². The average molecular weight is 531 g/mol. The zero-order valence-corrected chi connectivity index (χ0v) is 20.7. The molecule has 2 heterocycles. The third-order valence-corrected chi connectivity index (χ3v) is 6.51. The number of anilines is 1. The van der Waals surface area contributed by atoms with Crippen LogP contribution in [0, 0.1) is 23.4 Å². The van der Waals surface area contributed by atoms with Crippen LogP contribution in [0.2, 0.25) is 0 Å². The van der Waals surface area contributed by atoms with Crippen LogP contribution in [0.25, 0.3) is 11.3 Å². The molecule has 1 saturated carbocycles. The van der Waals surface area contributed by atoms with Gasteiger partial charge in [-0.3, -0.25) is 9.78 Å². The number of carbonyl (C=O) groups is 1. The van der Waals surface area contributed by atoms with Gasteiger partial charge in [0.05, 0.1) is 24.1 Å². The Morgan fingerprint density at radius 1 is 1.16 bits per heavy atom. The highest BCUT2D eigenvalue weighted by Crippen LogP contribution is 2.38. The molecule has 0 bridgehead atoms. The molecule has 5 N–H and O–H groups in total. The molecule has 2 aromatic heterocycles. The molecule has 1 aromatic carbocycles. The minimum atomic E-state index is -1.24.